The third-order valence-electron chi connectivity index (χ3n) is 4.93. The molecule has 0 bridgehead atoms. The summed E-state index contributed by atoms with van der Waals surface area (Å²) >= 11 is 0. The molecule has 2 aliphatic rings. The highest BCUT2D eigenvalue weighted by atomic mass is 32.2. The van der Waals surface area contributed by atoms with Crippen molar-refractivity contribution in [2.75, 3.05) is 31.2 Å². The Morgan fingerprint density at radius 3 is 2.69 bits per heavy atom. The van der Waals surface area contributed by atoms with Crippen LogP contribution in [0.5, 0.6) is 0 Å². The first kappa shape index (κ1) is 17.5. The van der Waals surface area contributed by atoms with Gasteiger partial charge in [-0.25, -0.2) is 12.8 Å². The summed E-state index contributed by atoms with van der Waals surface area (Å²) in [6.45, 7) is 3.74. The summed E-state index contributed by atoms with van der Waals surface area (Å²) in [5, 5.41) is 0. The highest BCUT2D eigenvalue weighted by molar-refractivity contribution is 7.89. The van der Waals surface area contributed by atoms with Gasteiger partial charge in [0.05, 0.1) is 11.5 Å². The van der Waals surface area contributed by atoms with Crippen LogP contribution in [-0.2, 0) is 27.8 Å². The fraction of sp³-hybridized carbons (Fsp3) is 0.368. The quantitative estimate of drug-likeness (QED) is 0.827. The topological polar surface area (TPSA) is 49.9 Å². The smallest absolute Gasteiger partial charge is 0.243 e. The Kier molecular flexibility index (Phi) is 4.69. The van der Waals surface area contributed by atoms with Gasteiger partial charge < -0.3 is 9.64 Å². The van der Waals surface area contributed by atoms with E-state index in [0.29, 0.717) is 19.7 Å². The molecule has 2 aromatic rings. The molecule has 4 rings (SSSR count). The Hall–Kier alpha value is -1.96. The molecule has 7 heteroatoms. The van der Waals surface area contributed by atoms with Gasteiger partial charge in [-0.15, -0.1) is 0 Å². The summed E-state index contributed by atoms with van der Waals surface area (Å²) in [4.78, 5) is 2.26. The zero-order valence-electron chi connectivity index (χ0n) is 14.4. The van der Waals surface area contributed by atoms with Crippen molar-refractivity contribution in [1.82, 2.24) is 4.31 Å². The molecule has 2 aromatic carbocycles. The van der Waals surface area contributed by atoms with Crippen LogP contribution in [-0.4, -0.2) is 39.0 Å². The van der Waals surface area contributed by atoms with Crippen molar-refractivity contribution in [3.63, 3.8) is 0 Å². The van der Waals surface area contributed by atoms with Gasteiger partial charge in [-0.05, 0) is 41.8 Å². The maximum atomic E-state index is 13.5. The fourth-order valence-electron chi connectivity index (χ4n) is 3.60. The van der Waals surface area contributed by atoms with Crippen molar-refractivity contribution < 1.29 is 17.5 Å². The van der Waals surface area contributed by atoms with E-state index in [0.717, 1.165) is 49.0 Å². The van der Waals surface area contributed by atoms with Crippen molar-refractivity contribution in [1.29, 1.82) is 0 Å². The van der Waals surface area contributed by atoms with E-state index < -0.39 is 15.8 Å². The molecule has 138 valence electrons. The Balaban J connectivity index is 1.64. The lowest BCUT2D eigenvalue weighted by Crippen LogP contribution is -2.28. The van der Waals surface area contributed by atoms with Crippen molar-refractivity contribution >= 4 is 15.7 Å². The van der Waals surface area contributed by atoms with Crippen LogP contribution in [0.3, 0.4) is 0 Å². The molecular weight excluding hydrogens is 355 g/mol. The zero-order valence-corrected chi connectivity index (χ0v) is 15.2. The second kappa shape index (κ2) is 6.98. The van der Waals surface area contributed by atoms with Gasteiger partial charge in [0.2, 0.25) is 10.0 Å². The minimum atomic E-state index is -3.73. The van der Waals surface area contributed by atoms with Crippen molar-refractivity contribution in [2.24, 2.45) is 0 Å². The van der Waals surface area contributed by atoms with Crippen molar-refractivity contribution in [3.8, 4) is 0 Å². The SMILES string of the molecule is O=S(=O)(c1cccc(F)c1)N1Cc2cccc(N3CCCOCC3)c2C1. The largest absolute Gasteiger partial charge is 0.380 e. The summed E-state index contributed by atoms with van der Waals surface area (Å²) in [5.41, 5.74) is 3.12. The molecule has 0 aromatic heterocycles. The van der Waals surface area contributed by atoms with E-state index in [1.807, 2.05) is 18.2 Å². The first-order chi connectivity index (χ1) is 12.6. The molecule has 2 aliphatic heterocycles. The van der Waals surface area contributed by atoms with Gasteiger partial charge in [-0.2, -0.15) is 4.31 Å². The molecule has 0 aliphatic carbocycles. The standard InChI is InChI=1S/C19H21FN2O3S/c20-16-5-2-6-17(12-16)26(23,24)22-13-15-4-1-7-19(18(15)14-22)21-8-3-10-25-11-9-21/h1-2,4-7,12H,3,8-11,13-14H2. The maximum absolute atomic E-state index is 13.5. The minimum absolute atomic E-state index is 0.00460. The Bertz CT molecular complexity index is 909. The minimum Gasteiger partial charge on any atom is -0.380 e. The predicted molar refractivity (Wildman–Crippen MR) is 96.9 cm³/mol. The van der Waals surface area contributed by atoms with E-state index in [1.165, 1.54) is 22.5 Å². The normalized spacial score (nSPS) is 18.6. The molecule has 0 amide bonds. The number of fused-ring (bicyclic) bond motifs is 1. The lowest BCUT2D eigenvalue weighted by Gasteiger charge is -2.24. The van der Waals surface area contributed by atoms with Crippen LogP contribution in [0, 0.1) is 5.82 Å². The second-order valence-electron chi connectivity index (χ2n) is 6.60. The molecule has 1 saturated heterocycles. The Morgan fingerprint density at radius 1 is 1.00 bits per heavy atom. The number of anilines is 1. The number of halogens is 1. The molecule has 0 saturated carbocycles. The molecular formula is C19H21FN2O3S. The Labute approximate surface area is 153 Å². The summed E-state index contributed by atoms with van der Waals surface area (Å²) in [5.74, 6) is -0.548. The lowest BCUT2D eigenvalue weighted by atomic mass is 10.1. The van der Waals surface area contributed by atoms with Crippen molar-refractivity contribution in [3.05, 3.63) is 59.4 Å². The van der Waals surface area contributed by atoms with E-state index in [1.54, 1.807) is 0 Å². The third kappa shape index (κ3) is 3.22. The first-order valence-electron chi connectivity index (χ1n) is 8.75. The van der Waals surface area contributed by atoms with Crippen LogP contribution in [0.2, 0.25) is 0 Å². The molecule has 0 atom stereocenters. The van der Waals surface area contributed by atoms with E-state index in [-0.39, 0.29) is 4.90 Å². The van der Waals surface area contributed by atoms with Gasteiger partial charge in [0, 0.05) is 38.5 Å². The van der Waals surface area contributed by atoms with Gasteiger partial charge >= 0.3 is 0 Å². The number of ether oxygens (including phenoxy) is 1. The summed E-state index contributed by atoms with van der Waals surface area (Å²) in [7, 11) is -3.73. The van der Waals surface area contributed by atoms with E-state index >= 15 is 0 Å². The monoisotopic (exact) mass is 376 g/mol. The first-order valence-corrected chi connectivity index (χ1v) is 10.2. The number of nitrogens with zero attached hydrogens (tertiary/aromatic N) is 2. The van der Waals surface area contributed by atoms with Gasteiger partial charge in [-0.1, -0.05) is 18.2 Å². The summed E-state index contributed by atoms with van der Waals surface area (Å²) < 4.78 is 46.3. The van der Waals surface area contributed by atoms with Crippen LogP contribution >= 0.6 is 0 Å². The molecule has 0 unspecified atom stereocenters. The number of rotatable bonds is 3. The van der Waals surface area contributed by atoms with Gasteiger partial charge in [0.25, 0.3) is 0 Å². The highest BCUT2D eigenvalue weighted by Crippen LogP contribution is 2.35. The summed E-state index contributed by atoms with van der Waals surface area (Å²) in [6.07, 6.45) is 0.953. The predicted octanol–water partition coefficient (Wildman–Crippen LogP) is 2.76. The fourth-order valence-corrected chi connectivity index (χ4v) is 5.02. The molecule has 0 N–H and O–H groups in total. The van der Waals surface area contributed by atoms with Gasteiger partial charge in [-0.3, -0.25) is 0 Å². The lowest BCUT2D eigenvalue weighted by molar-refractivity contribution is 0.152. The second-order valence-corrected chi connectivity index (χ2v) is 8.54. The van der Waals surface area contributed by atoms with Crippen molar-refractivity contribution in [2.45, 2.75) is 24.4 Å². The maximum Gasteiger partial charge on any atom is 0.243 e. The number of hydrogen-bond donors (Lipinski definition) is 0. The van der Waals surface area contributed by atoms with E-state index in [9.17, 15) is 12.8 Å². The van der Waals surface area contributed by atoms with E-state index in [4.69, 9.17) is 4.74 Å². The van der Waals surface area contributed by atoms with E-state index in [2.05, 4.69) is 4.90 Å². The molecule has 0 spiro atoms. The molecule has 5 nitrogen and oxygen atoms in total. The number of hydrogen-bond acceptors (Lipinski definition) is 4. The molecule has 1 fully saturated rings. The zero-order chi connectivity index (χ0) is 18.1. The highest BCUT2D eigenvalue weighted by Gasteiger charge is 2.33. The Morgan fingerprint density at radius 2 is 1.85 bits per heavy atom. The number of sulfonamides is 1. The van der Waals surface area contributed by atoms with Crippen LogP contribution in [0.15, 0.2) is 47.4 Å². The third-order valence-corrected chi connectivity index (χ3v) is 6.71. The van der Waals surface area contributed by atoms with Gasteiger partial charge in [0.1, 0.15) is 5.82 Å². The van der Waals surface area contributed by atoms with Crippen LogP contribution < -0.4 is 4.90 Å². The summed E-state index contributed by atoms with van der Waals surface area (Å²) in [6, 6.07) is 11.2. The average Bonchev–Trinajstić information content (AvgIpc) is 2.90. The van der Waals surface area contributed by atoms with Crippen LogP contribution in [0.1, 0.15) is 17.5 Å². The molecule has 2 heterocycles. The average molecular weight is 376 g/mol. The molecule has 26 heavy (non-hydrogen) atoms. The van der Waals surface area contributed by atoms with Crippen LogP contribution in [0.25, 0.3) is 0 Å². The van der Waals surface area contributed by atoms with Gasteiger partial charge in [0.15, 0.2) is 0 Å². The van der Waals surface area contributed by atoms with Crippen LogP contribution in [0.4, 0.5) is 10.1 Å². The molecule has 0 radical (unpaired) electrons. The number of benzene rings is 2.